The van der Waals surface area contributed by atoms with E-state index in [1.54, 1.807) is 6.08 Å². The van der Waals surface area contributed by atoms with Crippen LogP contribution in [0.4, 0.5) is 5.13 Å². The van der Waals surface area contributed by atoms with Crippen LogP contribution in [0.5, 0.6) is 5.75 Å². The molecule has 150 valence electrons. The molecule has 3 aromatic rings. The lowest BCUT2D eigenvalue weighted by atomic mass is 10.2. The molecular weight excluding hydrogens is 406 g/mol. The zero-order valence-electron chi connectivity index (χ0n) is 16.3. The molecule has 0 bridgehead atoms. The first-order chi connectivity index (χ1) is 14.0. The molecule has 7 heteroatoms. The van der Waals surface area contributed by atoms with Crippen LogP contribution in [-0.2, 0) is 17.9 Å². The van der Waals surface area contributed by atoms with Gasteiger partial charge < -0.3 is 9.64 Å². The van der Waals surface area contributed by atoms with Gasteiger partial charge in [-0.1, -0.05) is 41.9 Å². The van der Waals surface area contributed by atoms with Crippen LogP contribution in [0.2, 0.25) is 5.02 Å². The van der Waals surface area contributed by atoms with E-state index in [1.807, 2.05) is 72.9 Å². The third-order valence-electron chi connectivity index (χ3n) is 3.92. The van der Waals surface area contributed by atoms with Crippen molar-refractivity contribution >= 4 is 40.1 Å². The lowest BCUT2D eigenvalue weighted by molar-refractivity contribution is -0.111. The van der Waals surface area contributed by atoms with E-state index in [1.165, 1.54) is 17.4 Å². The fourth-order valence-electron chi connectivity index (χ4n) is 2.53. The number of nitrogens with zero attached hydrogens (tertiary/aromatic N) is 2. The monoisotopic (exact) mass is 427 g/mol. The van der Waals surface area contributed by atoms with Crippen LogP contribution in [0, 0.1) is 0 Å². The van der Waals surface area contributed by atoms with Crippen LogP contribution in [0.15, 0.2) is 60.0 Å². The number of amides is 1. The number of rotatable bonds is 8. The highest BCUT2D eigenvalue weighted by Crippen LogP contribution is 2.20. The first-order valence-corrected chi connectivity index (χ1v) is 10.3. The summed E-state index contributed by atoms with van der Waals surface area (Å²) >= 11 is 7.55. The van der Waals surface area contributed by atoms with Gasteiger partial charge in [-0.25, -0.2) is 4.98 Å². The van der Waals surface area contributed by atoms with Crippen LogP contribution in [0.1, 0.15) is 16.8 Å². The van der Waals surface area contributed by atoms with Crippen molar-refractivity contribution in [3.05, 3.63) is 81.8 Å². The number of aromatic nitrogens is 1. The number of carbonyl (C=O) groups excluding carboxylic acids is 1. The van der Waals surface area contributed by atoms with Crippen molar-refractivity contribution in [1.29, 1.82) is 0 Å². The molecular formula is C22H22ClN3O2S. The highest BCUT2D eigenvalue weighted by atomic mass is 35.5. The first-order valence-electron chi connectivity index (χ1n) is 9.04. The Hall–Kier alpha value is -2.67. The average molecular weight is 428 g/mol. The Labute approximate surface area is 179 Å². The summed E-state index contributed by atoms with van der Waals surface area (Å²) in [5.41, 5.74) is 2.77. The van der Waals surface area contributed by atoms with Gasteiger partial charge in [-0.3, -0.25) is 10.1 Å². The van der Waals surface area contributed by atoms with Gasteiger partial charge in [0.15, 0.2) is 5.13 Å². The molecule has 0 radical (unpaired) electrons. The minimum atomic E-state index is -0.213. The van der Waals surface area contributed by atoms with Gasteiger partial charge in [-0.15, -0.1) is 11.3 Å². The minimum absolute atomic E-state index is 0.213. The molecule has 0 atom stereocenters. The van der Waals surface area contributed by atoms with Crippen LogP contribution >= 0.6 is 22.9 Å². The van der Waals surface area contributed by atoms with Gasteiger partial charge in [0.25, 0.3) is 0 Å². The summed E-state index contributed by atoms with van der Waals surface area (Å²) in [6.07, 6.45) is 3.24. The fourth-order valence-corrected chi connectivity index (χ4v) is 3.43. The number of ether oxygens (including phenoxy) is 1. The van der Waals surface area contributed by atoms with Gasteiger partial charge in [0.2, 0.25) is 5.91 Å². The van der Waals surface area contributed by atoms with Gasteiger partial charge in [-0.05, 0) is 43.9 Å². The summed E-state index contributed by atoms with van der Waals surface area (Å²) in [7, 11) is 3.96. The molecule has 3 rings (SSSR count). The topological polar surface area (TPSA) is 54.5 Å². The number of hydrogen-bond donors (Lipinski definition) is 1. The van der Waals surface area contributed by atoms with Crippen molar-refractivity contribution in [2.75, 3.05) is 19.4 Å². The zero-order valence-corrected chi connectivity index (χ0v) is 17.8. The molecule has 0 aliphatic rings. The quantitative estimate of drug-likeness (QED) is 0.509. The van der Waals surface area contributed by atoms with Gasteiger partial charge in [0, 0.05) is 28.6 Å². The molecule has 5 nitrogen and oxygen atoms in total. The second-order valence-corrected chi connectivity index (χ2v) is 7.92. The molecule has 29 heavy (non-hydrogen) atoms. The van der Waals surface area contributed by atoms with E-state index in [2.05, 4.69) is 10.3 Å². The lowest BCUT2D eigenvalue weighted by Gasteiger charge is -2.07. The standard InChI is InChI=1S/C22H22ClN3O2S/c1-26(2)13-18-15-29-22(24-18)25-21(27)12-9-16-7-10-19(11-8-16)28-14-17-5-3-4-6-20(17)23/h3-12,15H,13-14H2,1-2H3,(H,24,25,27)/b12-9+. The SMILES string of the molecule is CN(C)Cc1csc(NC(=O)/C=C/c2ccc(OCc3ccccc3Cl)cc2)n1. The van der Waals surface area contributed by atoms with Crippen molar-refractivity contribution in [2.24, 2.45) is 0 Å². The lowest BCUT2D eigenvalue weighted by Crippen LogP contribution is -2.11. The molecule has 0 aliphatic heterocycles. The number of halogens is 1. The Balaban J connectivity index is 1.51. The van der Waals surface area contributed by atoms with Crippen molar-refractivity contribution < 1.29 is 9.53 Å². The van der Waals surface area contributed by atoms with E-state index in [4.69, 9.17) is 16.3 Å². The van der Waals surface area contributed by atoms with Crippen molar-refractivity contribution in [3.8, 4) is 5.75 Å². The summed E-state index contributed by atoms with van der Waals surface area (Å²) in [5, 5.41) is 6.02. The minimum Gasteiger partial charge on any atom is -0.489 e. The van der Waals surface area contributed by atoms with Crippen molar-refractivity contribution in [2.45, 2.75) is 13.2 Å². The molecule has 0 aliphatic carbocycles. The molecule has 1 N–H and O–H groups in total. The van der Waals surface area contributed by atoms with Crippen LogP contribution in [-0.4, -0.2) is 29.9 Å². The molecule has 1 aromatic heterocycles. The summed E-state index contributed by atoms with van der Waals surface area (Å²) in [6, 6.07) is 15.1. The number of carbonyl (C=O) groups is 1. The Morgan fingerprint density at radius 3 is 2.69 bits per heavy atom. The predicted octanol–water partition coefficient (Wildman–Crippen LogP) is 5.09. The average Bonchev–Trinajstić information content (AvgIpc) is 3.12. The number of nitrogens with one attached hydrogen (secondary N) is 1. The van der Waals surface area contributed by atoms with E-state index < -0.39 is 0 Å². The molecule has 1 amide bonds. The number of hydrogen-bond acceptors (Lipinski definition) is 5. The van der Waals surface area contributed by atoms with Gasteiger partial charge in [0.1, 0.15) is 12.4 Å². The second-order valence-electron chi connectivity index (χ2n) is 6.65. The highest BCUT2D eigenvalue weighted by molar-refractivity contribution is 7.13. The summed E-state index contributed by atoms with van der Waals surface area (Å²) in [6.45, 7) is 1.15. The summed E-state index contributed by atoms with van der Waals surface area (Å²) in [5.74, 6) is 0.525. The molecule has 0 spiro atoms. The Kier molecular flexibility index (Phi) is 7.41. The van der Waals surface area contributed by atoms with E-state index >= 15 is 0 Å². The highest BCUT2D eigenvalue weighted by Gasteiger charge is 2.05. The number of anilines is 1. The maximum atomic E-state index is 12.1. The third kappa shape index (κ3) is 6.71. The molecule has 0 fully saturated rings. The van der Waals surface area contributed by atoms with E-state index in [-0.39, 0.29) is 5.91 Å². The van der Waals surface area contributed by atoms with Crippen LogP contribution in [0.25, 0.3) is 6.08 Å². The van der Waals surface area contributed by atoms with E-state index in [0.29, 0.717) is 16.8 Å². The van der Waals surface area contributed by atoms with Crippen molar-refractivity contribution in [1.82, 2.24) is 9.88 Å². The maximum absolute atomic E-state index is 12.1. The predicted molar refractivity (Wildman–Crippen MR) is 119 cm³/mol. The molecule has 0 saturated heterocycles. The van der Waals surface area contributed by atoms with E-state index in [9.17, 15) is 4.79 Å². The Bertz CT molecular complexity index is 984. The zero-order chi connectivity index (χ0) is 20.6. The number of thiazole rings is 1. The Morgan fingerprint density at radius 1 is 1.21 bits per heavy atom. The van der Waals surface area contributed by atoms with Gasteiger partial charge in [0.05, 0.1) is 5.69 Å². The maximum Gasteiger partial charge on any atom is 0.250 e. The third-order valence-corrected chi connectivity index (χ3v) is 5.09. The van der Waals surface area contributed by atoms with Crippen molar-refractivity contribution in [3.63, 3.8) is 0 Å². The smallest absolute Gasteiger partial charge is 0.250 e. The molecule has 0 saturated carbocycles. The van der Waals surface area contributed by atoms with Gasteiger partial charge in [-0.2, -0.15) is 0 Å². The molecule has 2 aromatic carbocycles. The fraction of sp³-hybridized carbons (Fsp3) is 0.182. The van der Waals surface area contributed by atoms with Crippen LogP contribution in [0.3, 0.4) is 0 Å². The van der Waals surface area contributed by atoms with Gasteiger partial charge >= 0.3 is 0 Å². The normalized spacial score (nSPS) is 11.2. The van der Waals surface area contributed by atoms with Crippen LogP contribution < -0.4 is 10.1 Å². The second kappa shape index (κ2) is 10.2. The molecule has 1 heterocycles. The summed E-state index contributed by atoms with van der Waals surface area (Å²) < 4.78 is 5.76. The largest absolute Gasteiger partial charge is 0.489 e. The Morgan fingerprint density at radius 2 is 1.97 bits per heavy atom. The van der Waals surface area contributed by atoms with E-state index in [0.717, 1.165) is 29.1 Å². The first kappa shape index (κ1) is 21.0. The molecule has 0 unspecified atom stereocenters. The number of benzene rings is 2. The summed E-state index contributed by atoms with van der Waals surface area (Å²) in [4.78, 5) is 18.5.